The van der Waals surface area contributed by atoms with E-state index in [-0.39, 0.29) is 0 Å². The predicted octanol–water partition coefficient (Wildman–Crippen LogP) is 3.39. The van der Waals surface area contributed by atoms with Crippen LogP contribution in [-0.4, -0.2) is 5.11 Å². The first-order valence-corrected chi connectivity index (χ1v) is 6.48. The number of fused-ring (bicyclic) bond motifs is 3. The fourth-order valence-corrected chi connectivity index (χ4v) is 3.65. The lowest BCUT2D eigenvalue weighted by Gasteiger charge is -2.49. The Morgan fingerprint density at radius 2 is 1.69 bits per heavy atom. The van der Waals surface area contributed by atoms with Crippen LogP contribution >= 0.6 is 0 Å². The van der Waals surface area contributed by atoms with E-state index in [9.17, 15) is 5.11 Å². The fraction of sp³-hybridized carbons (Fsp3) is 0.600. The minimum atomic E-state index is -0.519. The Morgan fingerprint density at radius 3 is 2.19 bits per heavy atom. The van der Waals surface area contributed by atoms with Crippen LogP contribution in [-0.2, 0) is 5.60 Å². The minimum Gasteiger partial charge on any atom is -0.385 e. The largest absolute Gasteiger partial charge is 0.385 e. The maximum atomic E-state index is 10.9. The van der Waals surface area contributed by atoms with Gasteiger partial charge in [0.05, 0.1) is 5.60 Å². The number of rotatable bonds is 1. The first kappa shape index (κ1) is 10.3. The van der Waals surface area contributed by atoms with Gasteiger partial charge in [-0.05, 0) is 56.4 Å². The Labute approximate surface area is 97.5 Å². The molecule has 0 heterocycles. The van der Waals surface area contributed by atoms with Gasteiger partial charge in [0.1, 0.15) is 0 Å². The molecule has 1 unspecified atom stereocenters. The molecule has 1 heteroatoms. The van der Waals surface area contributed by atoms with Crippen LogP contribution in [0.25, 0.3) is 0 Å². The van der Waals surface area contributed by atoms with E-state index in [2.05, 4.69) is 31.2 Å². The molecular weight excluding hydrogens is 196 g/mol. The molecule has 0 amide bonds. The summed E-state index contributed by atoms with van der Waals surface area (Å²) in [6, 6.07) is 8.48. The summed E-state index contributed by atoms with van der Waals surface area (Å²) in [5.74, 6) is 1.26. The molecule has 1 nitrogen and oxygen atoms in total. The van der Waals surface area contributed by atoms with Crippen molar-refractivity contribution in [2.75, 3.05) is 0 Å². The van der Waals surface area contributed by atoms with Gasteiger partial charge >= 0.3 is 0 Å². The average molecular weight is 216 g/mol. The molecule has 3 aliphatic carbocycles. The van der Waals surface area contributed by atoms with E-state index in [0.717, 1.165) is 17.9 Å². The molecule has 4 rings (SSSR count). The lowest BCUT2D eigenvalue weighted by Crippen LogP contribution is -2.45. The van der Waals surface area contributed by atoms with E-state index in [0.29, 0.717) is 5.92 Å². The molecule has 1 N–H and O–H groups in total. The number of aliphatic hydroxyl groups is 1. The van der Waals surface area contributed by atoms with Gasteiger partial charge in [0.15, 0.2) is 0 Å². The SMILES string of the molecule is Cc1ccc(C2(O)CC3CCC2CC3)cc1. The predicted molar refractivity (Wildman–Crippen MR) is 65.1 cm³/mol. The van der Waals surface area contributed by atoms with Crippen molar-refractivity contribution < 1.29 is 5.11 Å². The van der Waals surface area contributed by atoms with E-state index in [1.165, 1.54) is 31.2 Å². The summed E-state index contributed by atoms with van der Waals surface area (Å²) in [5, 5.41) is 10.9. The van der Waals surface area contributed by atoms with Gasteiger partial charge in [-0.1, -0.05) is 29.8 Å². The highest BCUT2D eigenvalue weighted by molar-refractivity contribution is 5.28. The van der Waals surface area contributed by atoms with Crippen molar-refractivity contribution in [1.29, 1.82) is 0 Å². The van der Waals surface area contributed by atoms with Gasteiger partial charge in [0, 0.05) is 0 Å². The summed E-state index contributed by atoms with van der Waals surface area (Å²) in [7, 11) is 0. The number of hydrogen-bond donors (Lipinski definition) is 1. The van der Waals surface area contributed by atoms with Gasteiger partial charge < -0.3 is 5.11 Å². The molecule has 0 aromatic heterocycles. The molecule has 1 atom stereocenters. The monoisotopic (exact) mass is 216 g/mol. The number of benzene rings is 1. The molecule has 3 saturated carbocycles. The van der Waals surface area contributed by atoms with Crippen LogP contribution < -0.4 is 0 Å². The molecule has 1 aromatic carbocycles. The maximum absolute atomic E-state index is 10.9. The van der Waals surface area contributed by atoms with E-state index < -0.39 is 5.60 Å². The third kappa shape index (κ3) is 1.49. The molecule has 86 valence electrons. The van der Waals surface area contributed by atoms with Crippen molar-refractivity contribution in [1.82, 2.24) is 0 Å². The molecule has 3 aliphatic rings. The second-order valence-electron chi connectivity index (χ2n) is 5.71. The van der Waals surface area contributed by atoms with Gasteiger partial charge in [-0.15, -0.1) is 0 Å². The molecule has 0 saturated heterocycles. The van der Waals surface area contributed by atoms with E-state index in [1.807, 2.05) is 0 Å². The Hall–Kier alpha value is -0.820. The van der Waals surface area contributed by atoms with Crippen LogP contribution in [0.1, 0.15) is 43.2 Å². The Bertz CT molecular complexity index is 373. The molecule has 0 aliphatic heterocycles. The van der Waals surface area contributed by atoms with Crippen LogP contribution in [0, 0.1) is 18.8 Å². The van der Waals surface area contributed by atoms with Crippen molar-refractivity contribution in [3.05, 3.63) is 35.4 Å². The highest BCUT2D eigenvalue weighted by Gasteiger charge is 2.46. The molecule has 0 spiro atoms. The highest BCUT2D eigenvalue weighted by atomic mass is 16.3. The van der Waals surface area contributed by atoms with Crippen LogP contribution in [0.15, 0.2) is 24.3 Å². The molecule has 1 aromatic rings. The van der Waals surface area contributed by atoms with Crippen molar-refractivity contribution in [3.8, 4) is 0 Å². The van der Waals surface area contributed by atoms with Crippen molar-refractivity contribution in [2.24, 2.45) is 11.8 Å². The highest BCUT2D eigenvalue weighted by Crippen LogP contribution is 2.52. The quantitative estimate of drug-likeness (QED) is 0.763. The second-order valence-corrected chi connectivity index (χ2v) is 5.71. The third-order valence-corrected chi connectivity index (χ3v) is 4.67. The molecular formula is C15H20O. The first-order chi connectivity index (χ1) is 7.68. The van der Waals surface area contributed by atoms with Crippen LogP contribution in [0.3, 0.4) is 0 Å². The average Bonchev–Trinajstić information content (AvgIpc) is 2.31. The molecule has 3 fully saturated rings. The Morgan fingerprint density at radius 1 is 1.06 bits per heavy atom. The standard InChI is InChI=1S/C15H20O/c1-11-2-6-13(7-3-11)15(16)10-12-4-8-14(15)9-5-12/h2-3,6-7,12,14,16H,4-5,8-10H2,1H3. The summed E-state index contributed by atoms with van der Waals surface area (Å²) in [5.41, 5.74) is 1.90. The second kappa shape index (κ2) is 3.59. The molecule has 2 bridgehead atoms. The van der Waals surface area contributed by atoms with E-state index in [4.69, 9.17) is 0 Å². The first-order valence-electron chi connectivity index (χ1n) is 6.48. The number of aryl methyl sites for hydroxylation is 1. The van der Waals surface area contributed by atoms with Gasteiger partial charge in [-0.2, -0.15) is 0 Å². The topological polar surface area (TPSA) is 20.2 Å². The van der Waals surface area contributed by atoms with Crippen LogP contribution in [0.2, 0.25) is 0 Å². The summed E-state index contributed by atoms with van der Waals surface area (Å²) in [4.78, 5) is 0. The third-order valence-electron chi connectivity index (χ3n) is 4.67. The lowest BCUT2D eigenvalue weighted by molar-refractivity contribution is -0.104. The van der Waals surface area contributed by atoms with E-state index >= 15 is 0 Å². The van der Waals surface area contributed by atoms with Crippen LogP contribution in [0.4, 0.5) is 0 Å². The van der Waals surface area contributed by atoms with E-state index in [1.54, 1.807) is 0 Å². The van der Waals surface area contributed by atoms with Gasteiger partial charge in [0.2, 0.25) is 0 Å². The zero-order valence-electron chi connectivity index (χ0n) is 9.95. The smallest absolute Gasteiger partial charge is 0.0927 e. The summed E-state index contributed by atoms with van der Waals surface area (Å²) in [6.45, 7) is 2.10. The maximum Gasteiger partial charge on any atom is 0.0927 e. The van der Waals surface area contributed by atoms with Crippen molar-refractivity contribution in [2.45, 2.75) is 44.6 Å². The fourth-order valence-electron chi connectivity index (χ4n) is 3.65. The molecule has 16 heavy (non-hydrogen) atoms. The Kier molecular flexibility index (Phi) is 2.32. The summed E-state index contributed by atoms with van der Waals surface area (Å²) >= 11 is 0. The van der Waals surface area contributed by atoms with Gasteiger partial charge in [0.25, 0.3) is 0 Å². The van der Waals surface area contributed by atoms with Crippen LogP contribution in [0.5, 0.6) is 0 Å². The zero-order valence-corrected chi connectivity index (χ0v) is 9.95. The van der Waals surface area contributed by atoms with Gasteiger partial charge in [-0.3, -0.25) is 0 Å². The lowest BCUT2D eigenvalue weighted by atomic mass is 9.60. The van der Waals surface area contributed by atoms with Crippen molar-refractivity contribution in [3.63, 3.8) is 0 Å². The number of hydrogen-bond acceptors (Lipinski definition) is 1. The normalized spacial score (nSPS) is 37.6. The summed E-state index contributed by atoms with van der Waals surface area (Å²) in [6.07, 6.45) is 6.09. The van der Waals surface area contributed by atoms with Gasteiger partial charge in [-0.25, -0.2) is 0 Å². The Balaban J connectivity index is 1.95. The van der Waals surface area contributed by atoms with Crippen molar-refractivity contribution >= 4 is 0 Å². The zero-order chi connectivity index (χ0) is 11.2. The molecule has 0 radical (unpaired) electrons. The summed E-state index contributed by atoms with van der Waals surface area (Å²) < 4.78 is 0. The minimum absolute atomic E-state index is 0.500.